The van der Waals surface area contributed by atoms with Crippen molar-refractivity contribution in [2.75, 3.05) is 33.8 Å². The van der Waals surface area contributed by atoms with Gasteiger partial charge in [0.1, 0.15) is 12.4 Å². The van der Waals surface area contributed by atoms with Crippen molar-refractivity contribution in [3.63, 3.8) is 0 Å². The molecule has 0 aromatic heterocycles. The fourth-order valence-corrected chi connectivity index (χ4v) is 4.80. The summed E-state index contributed by atoms with van der Waals surface area (Å²) < 4.78 is 5.94. The Labute approximate surface area is 282 Å². The van der Waals surface area contributed by atoms with E-state index in [1.165, 1.54) is 22.3 Å². The molecule has 3 aromatic rings. The van der Waals surface area contributed by atoms with Crippen molar-refractivity contribution in [2.24, 2.45) is 0 Å². The maximum absolute atomic E-state index is 12.1. The number of rotatable bonds is 12. The summed E-state index contributed by atoms with van der Waals surface area (Å²) in [6.07, 6.45) is 22.3. The van der Waals surface area contributed by atoms with Gasteiger partial charge < -0.3 is 15.0 Å². The largest absolute Gasteiger partial charge is 2.00 e. The SMILES string of the molecule is CC/C(=C(\c1ccc(/C=C/CNC(=O)[C]2[CH][CH][CH][CH]2)cc1)c1ccc(OCCN(C)C)cc1)c1ccccc1.[CH]1[CH][CH][CH][CH]1.[Fe+2]. The van der Waals surface area contributed by atoms with E-state index in [0.29, 0.717) is 19.1 Å². The molecule has 2 aliphatic carbocycles. The molecule has 1 N–H and O–H groups in total. The number of allylic oxidation sites excluding steroid dienone is 1. The summed E-state index contributed by atoms with van der Waals surface area (Å²) in [6.45, 7) is 4.23. The summed E-state index contributed by atoms with van der Waals surface area (Å²) >= 11 is 0. The van der Waals surface area contributed by atoms with Gasteiger partial charge >= 0.3 is 17.1 Å². The minimum absolute atomic E-state index is 0. The summed E-state index contributed by atoms with van der Waals surface area (Å²) in [5.41, 5.74) is 7.16. The number of carbonyl (C=O) groups is 1. The third kappa shape index (κ3) is 12.0. The van der Waals surface area contributed by atoms with Crippen LogP contribution in [0.25, 0.3) is 17.2 Å². The molecule has 10 radical (unpaired) electrons. The van der Waals surface area contributed by atoms with E-state index in [4.69, 9.17) is 4.74 Å². The Balaban J connectivity index is 0.000000837. The Morgan fingerprint density at radius 1 is 0.756 bits per heavy atom. The van der Waals surface area contributed by atoms with E-state index in [9.17, 15) is 4.79 Å². The molecule has 2 saturated carbocycles. The van der Waals surface area contributed by atoms with Crippen LogP contribution >= 0.6 is 0 Å². The molecular weight excluding hydrogens is 596 g/mol. The summed E-state index contributed by atoms with van der Waals surface area (Å²) in [6, 6.07) is 27.6. The van der Waals surface area contributed by atoms with Crippen molar-refractivity contribution in [3.05, 3.63) is 171 Å². The summed E-state index contributed by atoms with van der Waals surface area (Å²) in [4.78, 5) is 14.2. The van der Waals surface area contributed by atoms with Crippen molar-refractivity contribution >= 4 is 23.1 Å². The number of carbonyl (C=O) groups excluding carboxylic acids is 1. The predicted molar refractivity (Wildman–Crippen MR) is 184 cm³/mol. The smallest absolute Gasteiger partial charge is 0.492 e. The molecule has 230 valence electrons. The van der Waals surface area contributed by atoms with Gasteiger partial charge in [-0.05, 0) is 124 Å². The first kappa shape index (κ1) is 36.4. The van der Waals surface area contributed by atoms with Gasteiger partial charge in [-0.2, -0.15) is 0 Å². The number of benzene rings is 3. The monoisotopic (exact) mass is 638 g/mol. The van der Waals surface area contributed by atoms with Crippen LogP contribution in [-0.2, 0) is 21.9 Å². The third-order valence-electron chi connectivity index (χ3n) is 7.10. The first-order valence-electron chi connectivity index (χ1n) is 15.1. The normalized spacial score (nSPS) is 15.3. The van der Waals surface area contributed by atoms with E-state index in [2.05, 4.69) is 96.0 Å². The van der Waals surface area contributed by atoms with Crippen LogP contribution in [0.5, 0.6) is 5.75 Å². The summed E-state index contributed by atoms with van der Waals surface area (Å²) in [7, 11) is 4.09. The molecule has 0 heterocycles. The first-order chi connectivity index (χ1) is 21.5. The number of ether oxygens (including phenoxy) is 1. The van der Waals surface area contributed by atoms with Crippen LogP contribution in [0.1, 0.15) is 35.6 Å². The van der Waals surface area contributed by atoms with E-state index < -0.39 is 0 Å². The second kappa shape index (κ2) is 20.1. The second-order valence-corrected chi connectivity index (χ2v) is 10.6. The summed E-state index contributed by atoms with van der Waals surface area (Å²) in [5, 5.41) is 2.92. The Morgan fingerprint density at radius 3 is 1.89 bits per heavy atom. The van der Waals surface area contributed by atoms with Crippen LogP contribution in [0.2, 0.25) is 0 Å². The molecule has 3 aromatic carbocycles. The van der Waals surface area contributed by atoms with E-state index in [1.54, 1.807) is 0 Å². The minimum atomic E-state index is -0.0584. The van der Waals surface area contributed by atoms with E-state index in [0.717, 1.165) is 29.8 Å². The fraction of sp³-hybridized carbons (Fsp3) is 0.175. The summed E-state index contributed by atoms with van der Waals surface area (Å²) in [5.74, 6) is 1.51. The van der Waals surface area contributed by atoms with Crippen LogP contribution in [-0.4, -0.2) is 44.6 Å². The quantitative estimate of drug-likeness (QED) is 0.165. The van der Waals surface area contributed by atoms with Crippen LogP contribution in [0.15, 0.2) is 84.9 Å². The average molecular weight is 639 g/mol. The molecule has 2 fully saturated rings. The Hall–Kier alpha value is -3.11. The van der Waals surface area contributed by atoms with Gasteiger partial charge in [-0.3, -0.25) is 4.79 Å². The van der Waals surface area contributed by atoms with E-state index in [-0.39, 0.29) is 23.0 Å². The number of amides is 1. The maximum atomic E-state index is 12.1. The zero-order chi connectivity index (χ0) is 31.0. The van der Waals surface area contributed by atoms with Gasteiger partial charge in [0.15, 0.2) is 0 Å². The molecule has 0 spiro atoms. The molecular formula is C40H42FeN2O2+2. The molecule has 5 heteroatoms. The predicted octanol–water partition coefficient (Wildman–Crippen LogP) is 7.55. The Bertz CT molecular complexity index is 1310. The fourth-order valence-electron chi connectivity index (χ4n) is 4.80. The molecule has 5 rings (SSSR count). The number of hydrogen-bond donors (Lipinski definition) is 1. The first-order valence-corrected chi connectivity index (χ1v) is 15.1. The van der Waals surface area contributed by atoms with Crippen LogP contribution < -0.4 is 10.1 Å². The Kier molecular flexibility index (Phi) is 16.2. The zero-order valence-corrected chi connectivity index (χ0v) is 27.4. The van der Waals surface area contributed by atoms with Crippen molar-refractivity contribution in [3.8, 4) is 5.75 Å². The number of likely N-dealkylation sites (N-methyl/N-ethyl adjacent to an activating group) is 1. The van der Waals surface area contributed by atoms with Gasteiger partial charge in [0.05, 0.1) is 5.92 Å². The Morgan fingerprint density at radius 2 is 1.33 bits per heavy atom. The topological polar surface area (TPSA) is 41.6 Å². The average Bonchev–Trinajstić information content (AvgIpc) is 3.81. The number of nitrogens with zero attached hydrogens (tertiary/aromatic N) is 1. The number of nitrogens with one attached hydrogen (secondary N) is 1. The molecule has 0 saturated heterocycles. The van der Waals surface area contributed by atoms with Gasteiger partial charge in [-0.15, -0.1) is 0 Å². The van der Waals surface area contributed by atoms with E-state index in [1.807, 2.05) is 84.0 Å². The maximum Gasteiger partial charge on any atom is 2.00 e. The molecule has 0 atom stereocenters. The molecule has 0 aliphatic heterocycles. The van der Waals surface area contributed by atoms with E-state index >= 15 is 0 Å². The second-order valence-electron chi connectivity index (χ2n) is 10.6. The zero-order valence-electron chi connectivity index (χ0n) is 26.3. The van der Waals surface area contributed by atoms with Crippen LogP contribution in [0, 0.1) is 63.7 Å². The van der Waals surface area contributed by atoms with Crippen molar-refractivity contribution in [1.29, 1.82) is 0 Å². The minimum Gasteiger partial charge on any atom is -0.492 e. The van der Waals surface area contributed by atoms with Crippen molar-refractivity contribution in [2.45, 2.75) is 13.3 Å². The molecule has 2 aliphatic rings. The van der Waals surface area contributed by atoms with Gasteiger partial charge in [-0.25, -0.2) is 0 Å². The van der Waals surface area contributed by atoms with Gasteiger partial charge in [0, 0.05) is 13.1 Å². The molecule has 0 unspecified atom stereocenters. The van der Waals surface area contributed by atoms with Crippen LogP contribution in [0.4, 0.5) is 0 Å². The molecule has 4 nitrogen and oxygen atoms in total. The van der Waals surface area contributed by atoms with Crippen molar-refractivity contribution in [1.82, 2.24) is 10.2 Å². The third-order valence-corrected chi connectivity index (χ3v) is 7.10. The number of hydrogen-bond acceptors (Lipinski definition) is 3. The standard InChI is InChI=1S/C35H37N2O2.C5H5.Fe/c1-4-33(28-12-6-5-7-13-28)34(30-20-22-32(23-21-30)39-26-25-37(2)3)29-18-16-27(17-19-29)11-10-24-36-35(38)31-14-8-9-15-31;1-2-4-5-3-1;/h5-23H,4,24-26H2,1-3H3,(H,36,38);1-5H;/q;;+2/b11-10+,34-33-;;. The van der Waals surface area contributed by atoms with Gasteiger partial charge in [-0.1, -0.05) is 85.8 Å². The molecule has 1 amide bonds. The van der Waals surface area contributed by atoms with Crippen LogP contribution in [0.3, 0.4) is 0 Å². The van der Waals surface area contributed by atoms with Crippen molar-refractivity contribution < 1.29 is 26.6 Å². The molecule has 45 heavy (non-hydrogen) atoms. The van der Waals surface area contributed by atoms with Gasteiger partial charge in [0.2, 0.25) is 5.91 Å². The van der Waals surface area contributed by atoms with Gasteiger partial charge in [0.25, 0.3) is 0 Å². The molecule has 0 bridgehead atoms.